The van der Waals surface area contributed by atoms with Gasteiger partial charge in [0.25, 0.3) is 0 Å². The van der Waals surface area contributed by atoms with Crippen LogP contribution in [0.25, 0.3) is 5.69 Å². The first-order valence-electron chi connectivity index (χ1n) is 12.3. The highest BCUT2D eigenvalue weighted by atomic mass is 32.2. The van der Waals surface area contributed by atoms with E-state index in [-0.39, 0.29) is 17.5 Å². The zero-order valence-corrected chi connectivity index (χ0v) is 21.4. The third kappa shape index (κ3) is 6.50. The molecule has 0 atom stereocenters. The van der Waals surface area contributed by atoms with Crippen molar-refractivity contribution in [3.63, 3.8) is 0 Å². The fraction of sp³-hybridized carbons (Fsp3) is 0.370. The molecule has 1 heterocycles. The Hall–Kier alpha value is -3.05. The molecule has 1 N–H and O–H groups in total. The average molecular weight is 551 g/mol. The Balaban J connectivity index is 1.53. The van der Waals surface area contributed by atoms with Crippen molar-refractivity contribution in [2.45, 2.75) is 55.4 Å². The number of rotatable bonds is 14. The number of hydrogen-bond donors (Lipinski definition) is 1. The molecular weight excluding hydrogens is 523 g/mol. The van der Waals surface area contributed by atoms with E-state index in [0.29, 0.717) is 44.0 Å². The predicted molar refractivity (Wildman–Crippen MR) is 135 cm³/mol. The van der Waals surface area contributed by atoms with Crippen LogP contribution in [0.3, 0.4) is 0 Å². The maximum atomic E-state index is 14.2. The minimum absolute atomic E-state index is 0.0875. The molecule has 0 radical (unpaired) electrons. The van der Waals surface area contributed by atoms with Gasteiger partial charge in [-0.05, 0) is 49.3 Å². The van der Waals surface area contributed by atoms with Gasteiger partial charge in [-0.1, -0.05) is 30.0 Å². The third-order valence-corrected chi connectivity index (χ3v) is 7.20. The summed E-state index contributed by atoms with van der Waals surface area (Å²) in [7, 11) is 0. The van der Waals surface area contributed by atoms with Crippen LogP contribution in [0.1, 0.15) is 55.0 Å². The molecular formula is C27H27F5N4OS. The van der Waals surface area contributed by atoms with Gasteiger partial charge >= 0.3 is 0 Å². The number of thioether (sulfide) groups is 1. The van der Waals surface area contributed by atoms with Crippen molar-refractivity contribution in [1.29, 1.82) is 0 Å². The zero-order chi connectivity index (χ0) is 27.2. The number of carbonyl (C=O) groups is 1. The topological polar surface area (TPSA) is 59.8 Å². The highest BCUT2D eigenvalue weighted by molar-refractivity contribution is 7.98. The standard InChI is InChI=1S/C27H27F5N4OS/c1-2-12-33-14-19(37)8-3-4-9-21-34-35-27(36(21)18-7-5-6-17(13-18)16-10-11-16)38-15-20-22(28)24(30)26(32)25(31)23(20)29/h2,5-7,13,16,33H,1,3-4,8-12,14-15H2. The highest BCUT2D eigenvalue weighted by Gasteiger charge is 2.27. The quantitative estimate of drug-likeness (QED) is 0.0648. The van der Waals surface area contributed by atoms with Crippen molar-refractivity contribution in [3.05, 3.63) is 83.0 Å². The summed E-state index contributed by atoms with van der Waals surface area (Å²) in [6.07, 6.45) is 6.03. The smallest absolute Gasteiger partial charge is 0.200 e. The van der Waals surface area contributed by atoms with Gasteiger partial charge in [0.1, 0.15) is 11.6 Å². The summed E-state index contributed by atoms with van der Waals surface area (Å²) in [6.45, 7) is 4.42. The van der Waals surface area contributed by atoms with Gasteiger partial charge in [0.2, 0.25) is 5.82 Å². The summed E-state index contributed by atoms with van der Waals surface area (Å²) in [6, 6.07) is 7.79. The summed E-state index contributed by atoms with van der Waals surface area (Å²) in [5.74, 6) is -9.25. The number of nitrogens with one attached hydrogen (secondary N) is 1. The first kappa shape index (κ1) is 28.0. The third-order valence-electron chi connectivity index (χ3n) is 6.24. The lowest BCUT2D eigenvalue weighted by molar-refractivity contribution is -0.118. The summed E-state index contributed by atoms with van der Waals surface area (Å²) in [5, 5.41) is 11.7. The Kier molecular flexibility index (Phi) is 9.32. The Morgan fingerprint density at radius 2 is 1.76 bits per heavy atom. The molecule has 0 saturated heterocycles. The molecule has 1 aliphatic carbocycles. The minimum atomic E-state index is -2.19. The largest absolute Gasteiger partial charge is 0.307 e. The van der Waals surface area contributed by atoms with E-state index in [1.54, 1.807) is 10.6 Å². The van der Waals surface area contributed by atoms with E-state index in [4.69, 9.17) is 0 Å². The number of aromatic nitrogens is 3. The van der Waals surface area contributed by atoms with Gasteiger partial charge in [0.05, 0.1) is 6.54 Å². The number of benzene rings is 2. The van der Waals surface area contributed by atoms with E-state index in [1.165, 1.54) is 0 Å². The Morgan fingerprint density at radius 1 is 1.05 bits per heavy atom. The number of Topliss-reactive ketones (excluding diaryl/α,β-unsaturated/α-hetero) is 1. The number of carbonyl (C=O) groups excluding carboxylic acids is 1. The molecule has 1 aliphatic rings. The van der Waals surface area contributed by atoms with Crippen LogP contribution < -0.4 is 5.32 Å². The second kappa shape index (κ2) is 12.7. The highest BCUT2D eigenvalue weighted by Crippen LogP contribution is 2.41. The summed E-state index contributed by atoms with van der Waals surface area (Å²) in [5.41, 5.74) is 0.979. The van der Waals surface area contributed by atoms with Crippen molar-refractivity contribution in [1.82, 2.24) is 20.1 Å². The maximum absolute atomic E-state index is 14.2. The van der Waals surface area contributed by atoms with E-state index >= 15 is 0 Å². The van der Waals surface area contributed by atoms with Crippen LogP contribution in [-0.2, 0) is 17.0 Å². The van der Waals surface area contributed by atoms with Crippen molar-refractivity contribution in [3.8, 4) is 5.69 Å². The first-order valence-corrected chi connectivity index (χ1v) is 13.3. The fourth-order valence-corrected chi connectivity index (χ4v) is 5.04. The van der Waals surface area contributed by atoms with Crippen molar-refractivity contribution in [2.24, 2.45) is 0 Å². The molecule has 0 bridgehead atoms. The lowest BCUT2D eigenvalue weighted by atomic mass is 10.1. The van der Waals surface area contributed by atoms with Crippen molar-refractivity contribution >= 4 is 17.5 Å². The molecule has 0 aliphatic heterocycles. The Labute approximate surface area is 221 Å². The molecule has 0 unspecified atom stereocenters. The molecule has 4 rings (SSSR count). The van der Waals surface area contributed by atoms with E-state index < -0.39 is 40.4 Å². The van der Waals surface area contributed by atoms with Crippen molar-refractivity contribution < 1.29 is 26.7 Å². The number of hydrogen-bond acceptors (Lipinski definition) is 5. The number of ketones is 1. The molecule has 3 aromatic rings. The van der Waals surface area contributed by atoms with Gasteiger partial charge in [-0.15, -0.1) is 16.8 Å². The Bertz CT molecular complexity index is 1300. The minimum Gasteiger partial charge on any atom is -0.307 e. The summed E-state index contributed by atoms with van der Waals surface area (Å²) < 4.78 is 71.0. The maximum Gasteiger partial charge on any atom is 0.200 e. The SMILES string of the molecule is C=CCNCC(=O)CCCCc1nnc(SCc2c(F)c(F)c(F)c(F)c2F)n1-c1cccc(C2CC2)c1. The van der Waals surface area contributed by atoms with Gasteiger partial charge in [0, 0.05) is 36.4 Å². The molecule has 1 saturated carbocycles. The average Bonchev–Trinajstić information content (AvgIpc) is 3.70. The van der Waals surface area contributed by atoms with Crippen LogP contribution in [0.15, 0.2) is 42.1 Å². The van der Waals surface area contributed by atoms with E-state index in [1.807, 2.05) is 24.3 Å². The molecule has 5 nitrogen and oxygen atoms in total. The molecule has 0 spiro atoms. The van der Waals surface area contributed by atoms with Gasteiger partial charge in [-0.2, -0.15) is 0 Å². The second-order valence-electron chi connectivity index (χ2n) is 9.11. The monoisotopic (exact) mass is 550 g/mol. The summed E-state index contributed by atoms with van der Waals surface area (Å²) >= 11 is 0.836. The molecule has 2 aromatic carbocycles. The predicted octanol–water partition coefficient (Wildman–Crippen LogP) is 6.19. The molecule has 202 valence electrons. The van der Waals surface area contributed by atoms with E-state index in [2.05, 4.69) is 22.1 Å². The van der Waals surface area contributed by atoms with Crippen LogP contribution in [-0.4, -0.2) is 33.6 Å². The lowest BCUT2D eigenvalue weighted by Crippen LogP contribution is -2.22. The van der Waals surface area contributed by atoms with Gasteiger partial charge in [-0.3, -0.25) is 9.36 Å². The molecule has 1 aromatic heterocycles. The number of halogens is 5. The normalized spacial score (nSPS) is 13.2. The van der Waals surface area contributed by atoms with Crippen LogP contribution in [0.2, 0.25) is 0 Å². The first-order chi connectivity index (χ1) is 18.3. The molecule has 0 amide bonds. The van der Waals surface area contributed by atoms with Crippen molar-refractivity contribution in [2.75, 3.05) is 13.1 Å². The fourth-order valence-electron chi connectivity index (χ4n) is 4.07. The van der Waals surface area contributed by atoms with Crippen LogP contribution in [0.5, 0.6) is 0 Å². The van der Waals surface area contributed by atoms with E-state index in [0.717, 1.165) is 35.9 Å². The van der Waals surface area contributed by atoms with Crippen LogP contribution >= 0.6 is 11.8 Å². The van der Waals surface area contributed by atoms with Gasteiger partial charge < -0.3 is 5.32 Å². The number of aryl methyl sites for hydroxylation is 1. The summed E-state index contributed by atoms with van der Waals surface area (Å²) in [4.78, 5) is 12.0. The van der Waals surface area contributed by atoms with Gasteiger partial charge in [0.15, 0.2) is 28.4 Å². The lowest BCUT2D eigenvalue weighted by Gasteiger charge is -2.12. The molecule has 1 fully saturated rings. The van der Waals surface area contributed by atoms with E-state index in [9.17, 15) is 26.7 Å². The second-order valence-corrected chi connectivity index (χ2v) is 10.0. The molecule has 11 heteroatoms. The Morgan fingerprint density at radius 3 is 2.45 bits per heavy atom. The van der Waals surface area contributed by atoms with Gasteiger partial charge in [-0.25, -0.2) is 22.0 Å². The van der Waals surface area contributed by atoms with Crippen LogP contribution in [0.4, 0.5) is 22.0 Å². The zero-order valence-electron chi connectivity index (χ0n) is 20.6. The van der Waals surface area contributed by atoms with Crippen LogP contribution in [0, 0.1) is 29.1 Å². The number of nitrogens with zero attached hydrogens (tertiary/aromatic N) is 3. The molecule has 38 heavy (non-hydrogen) atoms. The number of unbranched alkanes of at least 4 members (excludes halogenated alkanes) is 1.